The van der Waals surface area contributed by atoms with Crippen LogP contribution in [0.1, 0.15) is 6.92 Å². The summed E-state index contributed by atoms with van der Waals surface area (Å²) in [6.07, 6.45) is 0. The number of hydrogen-bond donors (Lipinski definition) is 2. The van der Waals surface area contributed by atoms with Crippen molar-refractivity contribution >= 4 is 22.3 Å². The first-order valence-electron chi connectivity index (χ1n) is 5.25. The van der Waals surface area contributed by atoms with Crippen molar-refractivity contribution in [2.45, 2.75) is 6.92 Å². The van der Waals surface area contributed by atoms with Crippen LogP contribution in [-0.4, -0.2) is 18.6 Å². The first-order chi connectivity index (χ1) is 7.61. The van der Waals surface area contributed by atoms with Crippen molar-refractivity contribution in [1.82, 2.24) is 4.98 Å². The number of nitrogens with two attached hydrogens (primary N) is 1. The lowest BCUT2D eigenvalue weighted by Crippen LogP contribution is -2.24. The zero-order valence-electron chi connectivity index (χ0n) is 9.45. The topological polar surface area (TPSA) is 62.1 Å². The summed E-state index contributed by atoms with van der Waals surface area (Å²) in [6, 6.07) is 7.40. The summed E-state index contributed by atoms with van der Waals surface area (Å²) >= 11 is 0. The summed E-state index contributed by atoms with van der Waals surface area (Å²) in [5.41, 5.74) is 7.69. The molecule has 1 aromatic heterocycles. The first-order valence-corrected chi connectivity index (χ1v) is 5.25. The Morgan fingerprint density at radius 3 is 2.81 bits per heavy atom. The van der Waals surface area contributed by atoms with Crippen molar-refractivity contribution in [3.05, 3.63) is 34.6 Å². The number of benzene rings is 1. The molecule has 1 aromatic carbocycles. The SMILES string of the molecule is CCN(C)c1cc2ccc(N)cc2[nH]c1=O. The highest BCUT2D eigenvalue weighted by Gasteiger charge is 2.06. The first kappa shape index (κ1) is 10.5. The molecule has 0 atom stereocenters. The van der Waals surface area contributed by atoms with Gasteiger partial charge in [0.05, 0.1) is 5.52 Å². The summed E-state index contributed by atoms with van der Waals surface area (Å²) in [4.78, 5) is 16.6. The smallest absolute Gasteiger partial charge is 0.271 e. The third-order valence-electron chi connectivity index (χ3n) is 2.74. The van der Waals surface area contributed by atoms with E-state index in [9.17, 15) is 4.79 Å². The highest BCUT2D eigenvalue weighted by atomic mass is 16.1. The summed E-state index contributed by atoms with van der Waals surface area (Å²) < 4.78 is 0. The van der Waals surface area contributed by atoms with Crippen molar-refractivity contribution in [1.29, 1.82) is 0 Å². The second kappa shape index (κ2) is 3.89. The molecule has 0 aliphatic rings. The predicted octanol–water partition coefficient (Wildman–Crippen LogP) is 1.57. The van der Waals surface area contributed by atoms with E-state index in [2.05, 4.69) is 4.98 Å². The Kier molecular flexibility index (Phi) is 2.56. The van der Waals surface area contributed by atoms with Gasteiger partial charge >= 0.3 is 0 Å². The molecule has 1 heterocycles. The fourth-order valence-corrected chi connectivity index (χ4v) is 1.66. The lowest BCUT2D eigenvalue weighted by atomic mass is 10.2. The van der Waals surface area contributed by atoms with Gasteiger partial charge in [-0.25, -0.2) is 0 Å². The van der Waals surface area contributed by atoms with Crippen LogP contribution in [0.5, 0.6) is 0 Å². The number of nitrogens with zero attached hydrogens (tertiary/aromatic N) is 1. The standard InChI is InChI=1S/C12H15N3O/c1-3-15(2)11-6-8-4-5-9(13)7-10(8)14-12(11)16/h4-7H,3,13H2,1-2H3,(H,14,16). The molecule has 2 aromatic rings. The largest absolute Gasteiger partial charge is 0.399 e. The Bertz CT molecular complexity index is 574. The van der Waals surface area contributed by atoms with Crippen LogP contribution in [0.2, 0.25) is 0 Å². The zero-order chi connectivity index (χ0) is 11.7. The van der Waals surface area contributed by atoms with Gasteiger partial charge in [-0.2, -0.15) is 0 Å². The number of aromatic nitrogens is 1. The summed E-state index contributed by atoms with van der Waals surface area (Å²) in [5.74, 6) is 0. The van der Waals surface area contributed by atoms with Gasteiger partial charge in [0, 0.05) is 24.7 Å². The monoisotopic (exact) mass is 217 g/mol. The highest BCUT2D eigenvalue weighted by Crippen LogP contribution is 2.17. The van der Waals surface area contributed by atoms with E-state index in [0.29, 0.717) is 11.4 Å². The quantitative estimate of drug-likeness (QED) is 0.750. The van der Waals surface area contributed by atoms with Crippen molar-refractivity contribution in [2.24, 2.45) is 0 Å². The Labute approximate surface area is 93.7 Å². The molecule has 0 saturated carbocycles. The van der Waals surface area contributed by atoms with Gasteiger partial charge in [-0.3, -0.25) is 4.79 Å². The van der Waals surface area contributed by atoms with Gasteiger partial charge in [-0.15, -0.1) is 0 Å². The van der Waals surface area contributed by atoms with Gasteiger partial charge in [-0.05, 0) is 25.1 Å². The van der Waals surface area contributed by atoms with E-state index >= 15 is 0 Å². The van der Waals surface area contributed by atoms with E-state index in [1.54, 1.807) is 6.07 Å². The summed E-state index contributed by atoms with van der Waals surface area (Å²) in [5, 5.41) is 0.990. The number of anilines is 2. The molecular weight excluding hydrogens is 202 g/mol. The molecule has 3 N–H and O–H groups in total. The number of rotatable bonds is 2. The fourth-order valence-electron chi connectivity index (χ4n) is 1.66. The molecule has 84 valence electrons. The average Bonchev–Trinajstić information content (AvgIpc) is 2.27. The third kappa shape index (κ3) is 1.74. The van der Waals surface area contributed by atoms with E-state index in [-0.39, 0.29) is 5.56 Å². The minimum atomic E-state index is -0.0811. The molecule has 0 amide bonds. The molecule has 0 bridgehead atoms. The van der Waals surface area contributed by atoms with Crippen LogP contribution in [0.4, 0.5) is 11.4 Å². The van der Waals surface area contributed by atoms with Crippen LogP contribution >= 0.6 is 0 Å². The van der Waals surface area contributed by atoms with Crippen molar-refractivity contribution in [3.8, 4) is 0 Å². The van der Waals surface area contributed by atoms with Crippen LogP contribution in [0.15, 0.2) is 29.1 Å². The number of nitrogen functional groups attached to an aromatic ring is 1. The minimum Gasteiger partial charge on any atom is -0.399 e. The Morgan fingerprint density at radius 1 is 1.38 bits per heavy atom. The maximum absolute atomic E-state index is 11.8. The lowest BCUT2D eigenvalue weighted by Gasteiger charge is -2.15. The van der Waals surface area contributed by atoms with Crippen molar-refractivity contribution < 1.29 is 0 Å². The molecule has 0 spiro atoms. The van der Waals surface area contributed by atoms with Gasteiger partial charge in [0.15, 0.2) is 0 Å². The zero-order valence-corrected chi connectivity index (χ0v) is 9.45. The minimum absolute atomic E-state index is 0.0811. The average molecular weight is 217 g/mol. The molecular formula is C12H15N3O. The number of nitrogens with one attached hydrogen (secondary N) is 1. The molecule has 2 rings (SSSR count). The van der Waals surface area contributed by atoms with Crippen LogP contribution in [0.3, 0.4) is 0 Å². The van der Waals surface area contributed by atoms with Crippen LogP contribution in [0, 0.1) is 0 Å². The number of fused-ring (bicyclic) bond motifs is 1. The van der Waals surface area contributed by atoms with E-state index in [1.807, 2.05) is 37.1 Å². The number of H-pyrrole nitrogens is 1. The summed E-state index contributed by atoms with van der Waals surface area (Å²) in [7, 11) is 1.90. The molecule has 4 nitrogen and oxygen atoms in total. The van der Waals surface area contributed by atoms with Crippen LogP contribution in [-0.2, 0) is 0 Å². The third-order valence-corrected chi connectivity index (χ3v) is 2.74. The van der Waals surface area contributed by atoms with Gasteiger partial charge in [-0.1, -0.05) is 6.07 Å². The maximum atomic E-state index is 11.8. The second-order valence-electron chi connectivity index (χ2n) is 3.84. The second-order valence-corrected chi connectivity index (χ2v) is 3.84. The molecule has 4 heteroatoms. The predicted molar refractivity (Wildman–Crippen MR) is 67.9 cm³/mol. The number of hydrogen-bond acceptors (Lipinski definition) is 3. The molecule has 0 saturated heterocycles. The molecule has 0 aliphatic carbocycles. The van der Waals surface area contributed by atoms with Gasteiger partial charge < -0.3 is 15.6 Å². The van der Waals surface area contributed by atoms with E-state index in [0.717, 1.165) is 17.4 Å². The van der Waals surface area contributed by atoms with Gasteiger partial charge in [0.1, 0.15) is 5.69 Å². The van der Waals surface area contributed by atoms with Gasteiger partial charge in [0.25, 0.3) is 5.56 Å². The number of aromatic amines is 1. The molecule has 0 fully saturated rings. The molecule has 16 heavy (non-hydrogen) atoms. The normalized spacial score (nSPS) is 10.6. The van der Waals surface area contributed by atoms with E-state index in [4.69, 9.17) is 5.73 Å². The van der Waals surface area contributed by atoms with Crippen molar-refractivity contribution in [2.75, 3.05) is 24.2 Å². The summed E-state index contributed by atoms with van der Waals surface area (Å²) in [6.45, 7) is 2.80. The lowest BCUT2D eigenvalue weighted by molar-refractivity contribution is 0.955. The molecule has 0 unspecified atom stereocenters. The van der Waals surface area contributed by atoms with Crippen LogP contribution in [0.25, 0.3) is 10.9 Å². The molecule has 0 aliphatic heterocycles. The van der Waals surface area contributed by atoms with E-state index < -0.39 is 0 Å². The Morgan fingerprint density at radius 2 is 2.12 bits per heavy atom. The number of pyridine rings is 1. The Balaban J connectivity index is 2.67. The van der Waals surface area contributed by atoms with Crippen LogP contribution < -0.4 is 16.2 Å². The maximum Gasteiger partial charge on any atom is 0.271 e. The highest BCUT2D eigenvalue weighted by molar-refractivity contribution is 5.84. The fraction of sp³-hybridized carbons (Fsp3) is 0.250. The van der Waals surface area contributed by atoms with E-state index in [1.165, 1.54) is 0 Å². The molecule has 0 radical (unpaired) electrons. The Hall–Kier alpha value is -1.97. The van der Waals surface area contributed by atoms with Crippen molar-refractivity contribution in [3.63, 3.8) is 0 Å². The van der Waals surface area contributed by atoms with Gasteiger partial charge in [0.2, 0.25) is 0 Å².